The Morgan fingerprint density at radius 2 is 1.61 bits per heavy atom. The van der Waals surface area contributed by atoms with E-state index in [4.69, 9.17) is 0 Å². The lowest BCUT2D eigenvalue weighted by atomic mass is 10.00. The van der Waals surface area contributed by atoms with Crippen LogP contribution in [0.15, 0.2) is 53.6 Å². The second-order valence-electron chi connectivity index (χ2n) is 5.35. The van der Waals surface area contributed by atoms with E-state index in [0.29, 0.717) is 5.92 Å². The Hall–Kier alpha value is -1.56. The van der Waals surface area contributed by atoms with Gasteiger partial charge >= 0.3 is 0 Å². The molecule has 0 N–H and O–H groups in total. The van der Waals surface area contributed by atoms with E-state index in [-0.39, 0.29) is 0 Å². The van der Waals surface area contributed by atoms with Crippen LogP contribution in [0.1, 0.15) is 51.7 Å². The number of rotatable bonds is 4. The average molecular weight is 240 g/mol. The third kappa shape index (κ3) is 4.03. The third-order valence-electron chi connectivity index (χ3n) is 3.04. The van der Waals surface area contributed by atoms with E-state index < -0.39 is 0 Å². The van der Waals surface area contributed by atoms with Crippen LogP contribution in [0.2, 0.25) is 0 Å². The third-order valence-corrected chi connectivity index (χ3v) is 3.04. The van der Waals surface area contributed by atoms with E-state index in [9.17, 15) is 0 Å². The van der Waals surface area contributed by atoms with Gasteiger partial charge in [-0.05, 0) is 43.4 Å². The number of allylic oxidation sites excluding steroid dienone is 4. The standard InChI is InChI=1S/C18H24/c1-13(2)17-10-7-16(8-11-17)9-12-18(14(3)4)15(5)6/h7-13H,3H2,1-2,4-6H3. The van der Waals surface area contributed by atoms with Gasteiger partial charge in [0, 0.05) is 0 Å². The molecule has 1 rings (SSSR count). The van der Waals surface area contributed by atoms with Crippen LogP contribution in [0, 0.1) is 0 Å². The molecule has 0 nitrogen and oxygen atoms in total. The molecule has 18 heavy (non-hydrogen) atoms. The van der Waals surface area contributed by atoms with Gasteiger partial charge in [-0.1, -0.05) is 68.0 Å². The van der Waals surface area contributed by atoms with Crippen LogP contribution in [0.3, 0.4) is 0 Å². The maximum atomic E-state index is 4.02. The van der Waals surface area contributed by atoms with Crippen LogP contribution < -0.4 is 0 Å². The molecule has 0 atom stereocenters. The molecule has 0 aliphatic rings. The smallest absolute Gasteiger partial charge is 0.0219 e. The van der Waals surface area contributed by atoms with Gasteiger partial charge in [0.1, 0.15) is 0 Å². The zero-order valence-corrected chi connectivity index (χ0v) is 12.2. The Bertz CT molecular complexity index is 463. The van der Waals surface area contributed by atoms with Crippen molar-refractivity contribution in [2.45, 2.75) is 40.5 Å². The van der Waals surface area contributed by atoms with Crippen molar-refractivity contribution in [1.29, 1.82) is 0 Å². The van der Waals surface area contributed by atoms with Gasteiger partial charge in [0.2, 0.25) is 0 Å². The molecule has 1 aromatic carbocycles. The fourth-order valence-corrected chi connectivity index (χ4v) is 1.91. The minimum Gasteiger partial charge on any atom is -0.0955 e. The van der Waals surface area contributed by atoms with Crippen LogP contribution in [-0.2, 0) is 0 Å². The van der Waals surface area contributed by atoms with Crippen LogP contribution in [-0.4, -0.2) is 0 Å². The van der Waals surface area contributed by atoms with Crippen LogP contribution >= 0.6 is 0 Å². The number of benzene rings is 1. The van der Waals surface area contributed by atoms with Crippen LogP contribution in [0.4, 0.5) is 0 Å². The zero-order valence-electron chi connectivity index (χ0n) is 12.2. The molecule has 0 unspecified atom stereocenters. The second kappa shape index (κ2) is 6.39. The Morgan fingerprint density at radius 3 is 2.00 bits per heavy atom. The first kappa shape index (κ1) is 14.5. The Morgan fingerprint density at radius 1 is 1.06 bits per heavy atom. The maximum Gasteiger partial charge on any atom is -0.0219 e. The quantitative estimate of drug-likeness (QED) is 0.589. The maximum absolute atomic E-state index is 4.02. The molecule has 0 aliphatic heterocycles. The van der Waals surface area contributed by atoms with Crippen molar-refractivity contribution in [3.63, 3.8) is 0 Å². The first-order chi connectivity index (χ1) is 8.41. The lowest BCUT2D eigenvalue weighted by molar-refractivity contribution is 0.866. The minimum atomic E-state index is 0.590. The highest BCUT2D eigenvalue weighted by Gasteiger charge is 1.98. The summed E-state index contributed by atoms with van der Waals surface area (Å²) in [5.74, 6) is 0.590. The molecular weight excluding hydrogens is 216 g/mol. The fourth-order valence-electron chi connectivity index (χ4n) is 1.91. The fraction of sp³-hybridized carbons (Fsp3) is 0.333. The zero-order chi connectivity index (χ0) is 13.7. The van der Waals surface area contributed by atoms with Crippen molar-refractivity contribution in [2.75, 3.05) is 0 Å². The first-order valence-corrected chi connectivity index (χ1v) is 6.53. The monoisotopic (exact) mass is 240 g/mol. The molecule has 0 amide bonds. The molecular formula is C18H24. The largest absolute Gasteiger partial charge is 0.0955 e. The lowest BCUT2D eigenvalue weighted by Gasteiger charge is -2.06. The SMILES string of the molecule is C=C(C)C(C=Cc1ccc(C(C)C)cc1)=C(C)C. The summed E-state index contributed by atoms with van der Waals surface area (Å²) in [6.07, 6.45) is 4.31. The van der Waals surface area contributed by atoms with Gasteiger partial charge in [0.25, 0.3) is 0 Å². The van der Waals surface area contributed by atoms with Gasteiger partial charge < -0.3 is 0 Å². The highest BCUT2D eigenvalue weighted by atomic mass is 14.0. The molecule has 1 aromatic rings. The van der Waals surface area contributed by atoms with E-state index in [1.807, 2.05) is 0 Å². The Balaban J connectivity index is 2.91. The average Bonchev–Trinajstić information content (AvgIpc) is 2.28. The van der Waals surface area contributed by atoms with Gasteiger partial charge in [-0.2, -0.15) is 0 Å². The van der Waals surface area contributed by atoms with E-state index in [2.05, 4.69) is 77.6 Å². The molecule has 0 radical (unpaired) electrons. The van der Waals surface area contributed by atoms with Crippen molar-refractivity contribution < 1.29 is 0 Å². The van der Waals surface area contributed by atoms with Crippen molar-refractivity contribution in [1.82, 2.24) is 0 Å². The highest BCUT2D eigenvalue weighted by Crippen LogP contribution is 2.18. The van der Waals surface area contributed by atoms with Gasteiger partial charge in [0.05, 0.1) is 0 Å². The summed E-state index contributed by atoms with van der Waals surface area (Å²) < 4.78 is 0. The molecule has 0 aromatic heterocycles. The summed E-state index contributed by atoms with van der Waals surface area (Å²) >= 11 is 0. The van der Waals surface area contributed by atoms with Crippen LogP contribution in [0.25, 0.3) is 6.08 Å². The van der Waals surface area contributed by atoms with Crippen molar-refractivity contribution >= 4 is 6.08 Å². The van der Waals surface area contributed by atoms with Gasteiger partial charge in [-0.3, -0.25) is 0 Å². The highest BCUT2D eigenvalue weighted by molar-refractivity contribution is 5.57. The summed E-state index contributed by atoms with van der Waals surface area (Å²) in [5.41, 5.74) is 6.28. The molecule has 0 fully saturated rings. The van der Waals surface area contributed by atoms with E-state index in [1.54, 1.807) is 0 Å². The van der Waals surface area contributed by atoms with E-state index in [1.165, 1.54) is 22.3 Å². The van der Waals surface area contributed by atoms with Gasteiger partial charge in [0.15, 0.2) is 0 Å². The Labute approximate surface area is 112 Å². The Kier molecular flexibility index (Phi) is 5.15. The summed E-state index contributed by atoms with van der Waals surface area (Å²) in [5, 5.41) is 0. The molecule has 0 heteroatoms. The molecule has 0 bridgehead atoms. The van der Waals surface area contributed by atoms with Gasteiger partial charge in [-0.25, -0.2) is 0 Å². The molecule has 0 aliphatic carbocycles. The molecule has 0 saturated heterocycles. The topological polar surface area (TPSA) is 0 Å². The molecule has 0 spiro atoms. The second-order valence-corrected chi connectivity index (χ2v) is 5.35. The van der Waals surface area contributed by atoms with Crippen LogP contribution in [0.5, 0.6) is 0 Å². The van der Waals surface area contributed by atoms with Crippen molar-refractivity contribution in [3.05, 3.63) is 64.8 Å². The number of hydrogen-bond donors (Lipinski definition) is 0. The molecule has 96 valence electrons. The van der Waals surface area contributed by atoms with Gasteiger partial charge in [-0.15, -0.1) is 0 Å². The predicted octanol–water partition coefficient (Wildman–Crippen LogP) is 5.74. The summed E-state index contributed by atoms with van der Waals surface area (Å²) in [4.78, 5) is 0. The minimum absolute atomic E-state index is 0.590. The summed E-state index contributed by atoms with van der Waals surface area (Å²) in [6.45, 7) is 14.7. The van der Waals surface area contributed by atoms with E-state index >= 15 is 0 Å². The normalized spacial score (nSPS) is 11.0. The van der Waals surface area contributed by atoms with E-state index in [0.717, 1.165) is 5.57 Å². The van der Waals surface area contributed by atoms with Crippen molar-refractivity contribution in [2.24, 2.45) is 0 Å². The summed E-state index contributed by atoms with van der Waals surface area (Å²) in [7, 11) is 0. The molecule has 0 heterocycles. The first-order valence-electron chi connectivity index (χ1n) is 6.53. The number of hydrogen-bond acceptors (Lipinski definition) is 0. The van der Waals surface area contributed by atoms with Crippen molar-refractivity contribution in [3.8, 4) is 0 Å². The molecule has 0 saturated carbocycles. The lowest BCUT2D eigenvalue weighted by Crippen LogP contribution is -1.86. The predicted molar refractivity (Wildman–Crippen MR) is 82.8 cm³/mol. The summed E-state index contributed by atoms with van der Waals surface area (Å²) in [6, 6.07) is 8.75.